The first kappa shape index (κ1) is 20.9. The van der Waals surface area contributed by atoms with Crippen LogP contribution in [0.3, 0.4) is 0 Å². The van der Waals surface area contributed by atoms with Crippen molar-refractivity contribution in [2.24, 2.45) is 5.73 Å². The topological polar surface area (TPSA) is 136 Å². The first-order valence-electron chi connectivity index (χ1n) is 9.86. The van der Waals surface area contributed by atoms with Crippen LogP contribution in [0.15, 0.2) is 47.9 Å². The molecule has 1 aliphatic heterocycles. The molecular weight excluding hydrogens is 412 g/mol. The van der Waals surface area contributed by atoms with E-state index in [9.17, 15) is 10.4 Å². The fourth-order valence-electron chi connectivity index (χ4n) is 3.79. The van der Waals surface area contributed by atoms with E-state index in [1.54, 1.807) is 12.1 Å². The minimum absolute atomic E-state index is 0.0443. The number of benzene rings is 2. The van der Waals surface area contributed by atoms with Crippen molar-refractivity contribution in [3.05, 3.63) is 59.0 Å². The van der Waals surface area contributed by atoms with Crippen LogP contribution in [0.5, 0.6) is 28.9 Å². The number of H-pyrrole nitrogens is 1. The number of nitriles is 1. The van der Waals surface area contributed by atoms with Crippen molar-refractivity contribution in [1.82, 2.24) is 10.2 Å². The maximum Gasteiger partial charge on any atom is 0.244 e. The predicted octanol–water partition coefficient (Wildman–Crippen LogP) is 3.42. The Morgan fingerprint density at radius 1 is 1.22 bits per heavy atom. The van der Waals surface area contributed by atoms with Crippen molar-refractivity contribution in [3.63, 3.8) is 0 Å². The summed E-state index contributed by atoms with van der Waals surface area (Å²) >= 11 is 0. The molecule has 9 heteroatoms. The van der Waals surface area contributed by atoms with Crippen molar-refractivity contribution in [2.45, 2.75) is 12.8 Å². The molecule has 0 spiro atoms. The molecule has 0 aliphatic carbocycles. The molecule has 0 radical (unpaired) electrons. The summed E-state index contributed by atoms with van der Waals surface area (Å²) in [6.45, 7) is 2.44. The van der Waals surface area contributed by atoms with Crippen LogP contribution in [0.25, 0.3) is 11.3 Å². The lowest BCUT2D eigenvalue weighted by Crippen LogP contribution is -2.21. The van der Waals surface area contributed by atoms with Gasteiger partial charge in [-0.3, -0.25) is 5.10 Å². The van der Waals surface area contributed by atoms with E-state index in [2.05, 4.69) is 16.3 Å². The number of aromatic nitrogens is 2. The monoisotopic (exact) mass is 434 g/mol. The van der Waals surface area contributed by atoms with Gasteiger partial charge in [-0.05, 0) is 36.8 Å². The van der Waals surface area contributed by atoms with Crippen LogP contribution in [0.2, 0.25) is 0 Å². The average molecular weight is 434 g/mol. The predicted molar refractivity (Wildman–Crippen MR) is 116 cm³/mol. The van der Waals surface area contributed by atoms with Crippen LogP contribution in [-0.2, 0) is 0 Å². The van der Waals surface area contributed by atoms with Gasteiger partial charge in [0.15, 0.2) is 11.5 Å². The average Bonchev–Trinajstić information content (AvgIpc) is 3.22. The van der Waals surface area contributed by atoms with E-state index in [1.165, 1.54) is 14.2 Å². The summed E-state index contributed by atoms with van der Waals surface area (Å²) < 4.78 is 21.9. The Kier molecular flexibility index (Phi) is 5.52. The van der Waals surface area contributed by atoms with Crippen molar-refractivity contribution >= 4 is 0 Å². The Morgan fingerprint density at radius 2 is 1.94 bits per heavy atom. The number of aromatic hydroxyl groups is 1. The number of phenols is 1. The molecule has 0 bridgehead atoms. The molecule has 4 N–H and O–H groups in total. The molecule has 3 aromatic rings. The third kappa shape index (κ3) is 3.41. The number of nitrogens with two attached hydrogens (primary N) is 1. The van der Waals surface area contributed by atoms with Gasteiger partial charge in [0.2, 0.25) is 17.5 Å². The van der Waals surface area contributed by atoms with Gasteiger partial charge in [-0.15, -0.1) is 5.10 Å². The maximum absolute atomic E-state index is 10.3. The quantitative estimate of drug-likeness (QED) is 0.537. The van der Waals surface area contributed by atoms with Crippen LogP contribution in [-0.4, -0.2) is 36.1 Å². The second kappa shape index (κ2) is 8.43. The summed E-state index contributed by atoms with van der Waals surface area (Å²) in [4.78, 5) is 0. The number of rotatable bonds is 6. The highest BCUT2D eigenvalue weighted by atomic mass is 16.5. The summed E-state index contributed by atoms with van der Waals surface area (Å²) in [6.07, 6.45) is 0. The fraction of sp³-hybridized carbons (Fsp3) is 0.217. The van der Waals surface area contributed by atoms with Crippen molar-refractivity contribution in [3.8, 4) is 46.2 Å². The second-order valence-electron chi connectivity index (χ2n) is 6.98. The molecule has 1 aliphatic rings. The highest BCUT2D eigenvalue weighted by molar-refractivity contribution is 5.72. The first-order chi connectivity index (χ1) is 15.5. The van der Waals surface area contributed by atoms with Gasteiger partial charge < -0.3 is 29.8 Å². The van der Waals surface area contributed by atoms with Crippen LogP contribution < -0.4 is 24.7 Å². The molecule has 2 aromatic carbocycles. The highest BCUT2D eigenvalue weighted by Crippen LogP contribution is 2.49. The number of fused-ring (bicyclic) bond motifs is 1. The number of ether oxygens (including phenoxy) is 4. The van der Waals surface area contributed by atoms with Crippen LogP contribution >= 0.6 is 0 Å². The van der Waals surface area contributed by atoms with Crippen molar-refractivity contribution in [1.29, 1.82) is 5.26 Å². The molecule has 0 saturated heterocycles. The number of methoxy groups -OCH3 is 2. The van der Waals surface area contributed by atoms with Crippen molar-refractivity contribution < 1.29 is 24.1 Å². The maximum atomic E-state index is 10.3. The third-order valence-electron chi connectivity index (χ3n) is 5.21. The Labute approximate surface area is 184 Å². The second-order valence-corrected chi connectivity index (χ2v) is 6.98. The first-order valence-corrected chi connectivity index (χ1v) is 9.86. The lowest BCUT2D eigenvalue weighted by molar-refractivity contribution is 0.338. The number of nitrogens with one attached hydrogen (secondary N) is 1. The number of nitrogens with zero attached hydrogens (tertiary/aromatic N) is 2. The number of allylic oxidation sites excluding steroid dienone is 1. The Morgan fingerprint density at radius 3 is 2.56 bits per heavy atom. The molecule has 2 heterocycles. The van der Waals surface area contributed by atoms with Gasteiger partial charge in [0.25, 0.3) is 0 Å². The van der Waals surface area contributed by atoms with Crippen molar-refractivity contribution in [2.75, 3.05) is 20.8 Å². The number of hydrogen-bond acceptors (Lipinski definition) is 8. The minimum Gasteiger partial charge on any atom is -0.502 e. The lowest BCUT2D eigenvalue weighted by Gasteiger charge is -2.25. The van der Waals surface area contributed by atoms with Gasteiger partial charge in [0.1, 0.15) is 17.4 Å². The standard InChI is InChI=1S/C23H22N4O5/c1-4-31-14-7-5-6-12(8-14)20-19-18(15(11-24)22(25)32-23(19)27-26-20)13-9-16(29-2)21(28)17(10-13)30-3/h5-10,18,28H,4,25H2,1-3H3,(H,26,27). The van der Waals surface area contributed by atoms with Gasteiger partial charge in [-0.25, -0.2) is 0 Å². The largest absolute Gasteiger partial charge is 0.502 e. The van der Waals surface area contributed by atoms with Gasteiger partial charge in [-0.1, -0.05) is 12.1 Å². The lowest BCUT2D eigenvalue weighted by atomic mass is 9.82. The molecule has 0 amide bonds. The zero-order valence-electron chi connectivity index (χ0n) is 17.8. The van der Waals surface area contributed by atoms with E-state index in [1.807, 2.05) is 31.2 Å². The zero-order valence-corrected chi connectivity index (χ0v) is 17.8. The Hall–Kier alpha value is -4.32. The molecule has 1 atom stereocenters. The van der Waals surface area contributed by atoms with Crippen LogP contribution in [0.1, 0.15) is 24.0 Å². The summed E-state index contributed by atoms with van der Waals surface area (Å²) in [7, 11) is 2.87. The third-order valence-corrected chi connectivity index (χ3v) is 5.21. The molecule has 164 valence electrons. The van der Waals surface area contributed by atoms with Gasteiger partial charge in [-0.2, -0.15) is 5.26 Å². The smallest absolute Gasteiger partial charge is 0.244 e. The number of phenolic OH excluding ortho intramolecular Hbond substituents is 1. The molecule has 0 saturated carbocycles. The molecule has 0 fully saturated rings. The molecule has 1 unspecified atom stereocenters. The zero-order chi connectivity index (χ0) is 22.8. The summed E-state index contributed by atoms with van der Waals surface area (Å²) in [5.41, 5.74) is 8.96. The van der Waals surface area contributed by atoms with Gasteiger partial charge in [0, 0.05) is 5.56 Å². The van der Waals surface area contributed by atoms with Crippen LogP contribution in [0.4, 0.5) is 0 Å². The summed E-state index contributed by atoms with van der Waals surface area (Å²) in [6, 6.07) is 12.9. The Bertz CT molecular complexity index is 1220. The van der Waals surface area contributed by atoms with Gasteiger partial charge in [0.05, 0.1) is 38.0 Å². The van der Waals surface area contributed by atoms with Gasteiger partial charge >= 0.3 is 0 Å². The summed E-state index contributed by atoms with van der Waals surface area (Å²) in [5, 5.41) is 27.5. The summed E-state index contributed by atoms with van der Waals surface area (Å²) in [5.74, 6) is 0.532. The minimum atomic E-state index is -0.642. The molecule has 4 rings (SSSR count). The van der Waals surface area contributed by atoms with E-state index in [0.29, 0.717) is 29.2 Å². The molecule has 32 heavy (non-hydrogen) atoms. The fourth-order valence-corrected chi connectivity index (χ4v) is 3.79. The van der Waals surface area contributed by atoms with E-state index >= 15 is 0 Å². The molecule has 9 nitrogen and oxygen atoms in total. The van der Waals surface area contributed by atoms with E-state index in [4.69, 9.17) is 24.7 Å². The molecular formula is C23H22N4O5. The SMILES string of the molecule is CCOc1cccc(-c2[nH]nc3c2C(c2cc(OC)c(O)c(OC)c2)C(C#N)=C(N)O3)c1. The Balaban J connectivity index is 1.95. The highest BCUT2D eigenvalue weighted by Gasteiger charge is 2.36. The van der Waals surface area contributed by atoms with E-state index < -0.39 is 5.92 Å². The van der Waals surface area contributed by atoms with Crippen LogP contribution in [0, 0.1) is 11.3 Å². The number of hydrogen-bond donors (Lipinski definition) is 3. The normalized spacial score (nSPS) is 14.9. The molecule has 1 aromatic heterocycles. The van der Waals surface area contributed by atoms with E-state index in [0.717, 1.165) is 5.56 Å². The van der Waals surface area contributed by atoms with E-state index in [-0.39, 0.29) is 34.6 Å². The number of aromatic amines is 1.